The van der Waals surface area contributed by atoms with Crippen molar-refractivity contribution in [3.8, 4) is 6.07 Å². The fraction of sp³-hybridized carbons (Fsp3) is 0.182. The molecular weight excluding hydrogens is 454 g/mol. The fourth-order valence-corrected chi connectivity index (χ4v) is 5.66. The zero-order valence-electron chi connectivity index (χ0n) is 16.9. The average Bonchev–Trinajstić information content (AvgIpc) is 3.16. The molecule has 1 N–H and O–H groups in total. The monoisotopic (exact) mass is 473 g/mol. The van der Waals surface area contributed by atoms with E-state index in [9.17, 15) is 18.5 Å². The Balaban J connectivity index is 1.97. The summed E-state index contributed by atoms with van der Waals surface area (Å²) in [4.78, 5) is 13.8. The number of sulfonamides is 1. The number of thiophene rings is 1. The van der Waals surface area contributed by atoms with E-state index in [1.807, 2.05) is 6.92 Å². The molecule has 0 aliphatic carbocycles. The van der Waals surface area contributed by atoms with E-state index in [1.54, 1.807) is 43.3 Å². The van der Waals surface area contributed by atoms with Crippen molar-refractivity contribution in [3.05, 3.63) is 75.6 Å². The number of para-hydroxylation sites is 1. The first-order valence-corrected chi connectivity index (χ1v) is 12.2. The molecule has 1 amide bonds. The molecule has 0 saturated heterocycles. The van der Waals surface area contributed by atoms with Gasteiger partial charge in [-0.2, -0.15) is 5.26 Å². The predicted octanol–water partition coefficient (Wildman–Crippen LogP) is 5.30. The maximum atomic E-state index is 13.3. The zero-order chi connectivity index (χ0) is 22.6. The molecule has 0 bridgehead atoms. The van der Waals surface area contributed by atoms with Gasteiger partial charge < -0.3 is 5.32 Å². The van der Waals surface area contributed by atoms with Gasteiger partial charge in [0, 0.05) is 11.4 Å². The van der Waals surface area contributed by atoms with Gasteiger partial charge in [-0.15, -0.1) is 11.3 Å². The predicted molar refractivity (Wildman–Crippen MR) is 124 cm³/mol. The first-order chi connectivity index (χ1) is 14.8. The summed E-state index contributed by atoms with van der Waals surface area (Å²) in [6.45, 7) is 3.91. The normalized spacial score (nSPS) is 11.0. The Morgan fingerprint density at radius 1 is 1.16 bits per heavy atom. The Labute approximate surface area is 190 Å². The maximum absolute atomic E-state index is 13.3. The van der Waals surface area contributed by atoms with E-state index in [-0.39, 0.29) is 22.0 Å². The van der Waals surface area contributed by atoms with Crippen molar-refractivity contribution in [2.24, 2.45) is 0 Å². The number of anilines is 2. The topological polar surface area (TPSA) is 90.3 Å². The summed E-state index contributed by atoms with van der Waals surface area (Å²) in [5.74, 6) is -0.578. The number of amides is 1. The number of nitrogens with zero attached hydrogens (tertiary/aromatic N) is 2. The van der Waals surface area contributed by atoms with Crippen LogP contribution < -0.4 is 9.62 Å². The number of hydrogen-bond acceptors (Lipinski definition) is 5. The van der Waals surface area contributed by atoms with Gasteiger partial charge in [0.25, 0.3) is 15.9 Å². The van der Waals surface area contributed by atoms with Gasteiger partial charge in [-0.25, -0.2) is 8.42 Å². The Kier molecular flexibility index (Phi) is 7.01. The van der Waals surface area contributed by atoms with Crippen molar-refractivity contribution in [2.45, 2.75) is 25.2 Å². The van der Waals surface area contributed by atoms with Crippen molar-refractivity contribution >= 4 is 49.6 Å². The van der Waals surface area contributed by atoms with Crippen LogP contribution in [0, 0.1) is 11.3 Å². The first-order valence-electron chi connectivity index (χ1n) is 9.53. The molecule has 0 saturated carbocycles. The molecule has 9 heteroatoms. The molecule has 0 aliphatic heterocycles. The van der Waals surface area contributed by atoms with Crippen LogP contribution in [0.5, 0.6) is 0 Å². The second-order valence-electron chi connectivity index (χ2n) is 6.52. The minimum absolute atomic E-state index is 0.0159. The summed E-state index contributed by atoms with van der Waals surface area (Å²) in [5.41, 5.74) is 0.897. The quantitative estimate of drug-likeness (QED) is 0.503. The van der Waals surface area contributed by atoms with Gasteiger partial charge in [0.1, 0.15) is 11.1 Å². The zero-order valence-corrected chi connectivity index (χ0v) is 19.3. The third kappa shape index (κ3) is 4.74. The number of aryl methyl sites for hydroxylation is 1. The molecule has 6 nitrogen and oxygen atoms in total. The van der Waals surface area contributed by atoms with Gasteiger partial charge in [-0.05, 0) is 49.7 Å². The van der Waals surface area contributed by atoms with Crippen LogP contribution in [0.25, 0.3) is 0 Å². The lowest BCUT2D eigenvalue weighted by Gasteiger charge is -2.23. The average molecular weight is 474 g/mol. The number of carbonyl (C=O) groups excluding carboxylic acids is 1. The van der Waals surface area contributed by atoms with E-state index in [4.69, 9.17) is 11.6 Å². The summed E-state index contributed by atoms with van der Waals surface area (Å²) in [5, 5.41) is 12.5. The molecule has 0 unspecified atom stereocenters. The van der Waals surface area contributed by atoms with Crippen LogP contribution in [0.15, 0.2) is 59.5 Å². The largest absolute Gasteiger partial charge is 0.312 e. The standard InChI is InChI=1S/C22H20ClN3O3S2/c1-3-17-12-15(14-24)22(30-17)25-21(27)19-13-18(10-11-20(19)23)31(28,29)26(4-2)16-8-6-5-7-9-16/h5-13H,3-4H2,1-2H3,(H,25,27). The van der Waals surface area contributed by atoms with Gasteiger partial charge in [-0.3, -0.25) is 9.10 Å². The lowest BCUT2D eigenvalue weighted by Crippen LogP contribution is -2.31. The van der Waals surface area contributed by atoms with Crippen LogP contribution in [0.1, 0.15) is 34.6 Å². The van der Waals surface area contributed by atoms with Gasteiger partial charge in [-0.1, -0.05) is 36.7 Å². The van der Waals surface area contributed by atoms with Crippen LogP contribution in [0.3, 0.4) is 0 Å². The van der Waals surface area contributed by atoms with Crippen LogP contribution in [-0.4, -0.2) is 20.9 Å². The van der Waals surface area contributed by atoms with Crippen LogP contribution in [0.2, 0.25) is 5.02 Å². The third-order valence-electron chi connectivity index (χ3n) is 4.58. The second-order valence-corrected chi connectivity index (χ2v) is 9.93. The van der Waals surface area contributed by atoms with Gasteiger partial charge in [0.2, 0.25) is 0 Å². The first kappa shape index (κ1) is 22.8. The molecular formula is C22H20ClN3O3S2. The number of nitriles is 1. The molecule has 31 heavy (non-hydrogen) atoms. The summed E-state index contributed by atoms with van der Waals surface area (Å²) >= 11 is 7.52. The Hall–Kier alpha value is -2.86. The molecule has 3 aromatic rings. The second kappa shape index (κ2) is 9.52. The number of hydrogen-bond donors (Lipinski definition) is 1. The highest BCUT2D eigenvalue weighted by atomic mass is 35.5. The molecule has 0 aliphatic rings. The molecule has 0 fully saturated rings. The highest BCUT2D eigenvalue weighted by molar-refractivity contribution is 7.92. The lowest BCUT2D eigenvalue weighted by molar-refractivity contribution is 0.102. The number of rotatable bonds is 7. The summed E-state index contributed by atoms with van der Waals surface area (Å²) in [6.07, 6.45) is 0.732. The van der Waals surface area contributed by atoms with E-state index in [0.29, 0.717) is 16.3 Å². The summed E-state index contributed by atoms with van der Waals surface area (Å²) < 4.78 is 27.8. The van der Waals surface area contributed by atoms with Crippen molar-refractivity contribution in [1.29, 1.82) is 5.26 Å². The third-order valence-corrected chi connectivity index (χ3v) is 8.00. The molecule has 0 spiro atoms. The highest BCUT2D eigenvalue weighted by Gasteiger charge is 2.26. The molecule has 0 radical (unpaired) electrons. The van der Waals surface area contributed by atoms with Gasteiger partial charge >= 0.3 is 0 Å². The lowest BCUT2D eigenvalue weighted by atomic mass is 10.2. The SMILES string of the molecule is CCc1cc(C#N)c(NC(=O)c2cc(S(=O)(=O)N(CC)c3ccccc3)ccc2Cl)s1. The van der Waals surface area contributed by atoms with Crippen LogP contribution >= 0.6 is 22.9 Å². The van der Waals surface area contributed by atoms with Crippen molar-refractivity contribution < 1.29 is 13.2 Å². The summed E-state index contributed by atoms with van der Waals surface area (Å²) in [6, 6.07) is 16.5. The van der Waals surface area contributed by atoms with Crippen LogP contribution in [-0.2, 0) is 16.4 Å². The minimum Gasteiger partial charge on any atom is -0.312 e. The van der Waals surface area contributed by atoms with Crippen LogP contribution in [0.4, 0.5) is 10.7 Å². The van der Waals surface area contributed by atoms with E-state index in [0.717, 1.165) is 11.3 Å². The molecule has 3 rings (SSSR count). The molecule has 0 atom stereocenters. The molecule has 2 aromatic carbocycles. The van der Waals surface area contributed by atoms with E-state index in [2.05, 4.69) is 11.4 Å². The van der Waals surface area contributed by atoms with Crippen molar-refractivity contribution in [1.82, 2.24) is 0 Å². The number of benzene rings is 2. The number of halogens is 1. The van der Waals surface area contributed by atoms with E-state index >= 15 is 0 Å². The number of nitrogens with one attached hydrogen (secondary N) is 1. The highest BCUT2D eigenvalue weighted by Crippen LogP contribution is 2.30. The maximum Gasteiger partial charge on any atom is 0.264 e. The van der Waals surface area contributed by atoms with Gasteiger partial charge in [0.05, 0.1) is 26.7 Å². The Morgan fingerprint density at radius 3 is 2.48 bits per heavy atom. The Bertz CT molecular complexity index is 1250. The van der Waals surface area contributed by atoms with Crippen molar-refractivity contribution in [3.63, 3.8) is 0 Å². The minimum atomic E-state index is -3.92. The fourth-order valence-electron chi connectivity index (χ4n) is 3.01. The molecule has 1 aromatic heterocycles. The Morgan fingerprint density at radius 2 is 1.87 bits per heavy atom. The molecule has 160 valence electrons. The molecule has 1 heterocycles. The van der Waals surface area contributed by atoms with E-state index < -0.39 is 15.9 Å². The van der Waals surface area contributed by atoms with E-state index in [1.165, 1.54) is 33.8 Å². The smallest absolute Gasteiger partial charge is 0.264 e. The summed E-state index contributed by atoms with van der Waals surface area (Å²) in [7, 11) is -3.92. The van der Waals surface area contributed by atoms with Crippen molar-refractivity contribution in [2.75, 3.05) is 16.2 Å². The van der Waals surface area contributed by atoms with Gasteiger partial charge in [0.15, 0.2) is 0 Å². The number of carbonyl (C=O) groups is 1.